The smallest absolute Gasteiger partial charge is 0.224 e. The van der Waals surface area contributed by atoms with E-state index < -0.39 is 0 Å². The Morgan fingerprint density at radius 3 is 3.04 bits per heavy atom. The van der Waals surface area contributed by atoms with Crippen molar-refractivity contribution in [2.24, 2.45) is 0 Å². The number of aromatic amines is 1. The van der Waals surface area contributed by atoms with Crippen LogP contribution < -0.4 is 5.32 Å². The van der Waals surface area contributed by atoms with Gasteiger partial charge < -0.3 is 15.2 Å². The second-order valence-corrected chi connectivity index (χ2v) is 6.05. The summed E-state index contributed by atoms with van der Waals surface area (Å²) in [6.45, 7) is 2.88. The van der Waals surface area contributed by atoms with E-state index in [4.69, 9.17) is 0 Å². The molecule has 122 valence electrons. The predicted octanol–water partition coefficient (Wildman–Crippen LogP) is 1.98. The van der Waals surface area contributed by atoms with E-state index in [9.17, 15) is 14.0 Å². The monoisotopic (exact) mass is 317 g/mol. The van der Waals surface area contributed by atoms with E-state index in [2.05, 4.69) is 10.3 Å². The number of fused-ring (bicyclic) bond motifs is 1. The Labute approximate surface area is 133 Å². The highest BCUT2D eigenvalue weighted by Gasteiger charge is 2.23. The van der Waals surface area contributed by atoms with E-state index in [0.717, 1.165) is 30.3 Å². The molecule has 0 spiro atoms. The molecule has 0 saturated carbocycles. The first-order chi connectivity index (χ1) is 11.0. The average molecular weight is 317 g/mol. The number of amides is 2. The Kier molecular flexibility index (Phi) is 4.32. The van der Waals surface area contributed by atoms with Crippen molar-refractivity contribution in [2.45, 2.75) is 32.2 Å². The van der Waals surface area contributed by atoms with Gasteiger partial charge in [0.25, 0.3) is 0 Å². The Balaban J connectivity index is 1.63. The Morgan fingerprint density at radius 1 is 1.43 bits per heavy atom. The highest BCUT2D eigenvalue weighted by Crippen LogP contribution is 2.20. The number of aromatic nitrogens is 1. The fourth-order valence-corrected chi connectivity index (χ4v) is 3.14. The summed E-state index contributed by atoms with van der Waals surface area (Å²) < 4.78 is 13.2. The van der Waals surface area contributed by atoms with Crippen molar-refractivity contribution in [3.05, 3.63) is 35.8 Å². The van der Waals surface area contributed by atoms with Gasteiger partial charge in [0, 0.05) is 43.2 Å². The minimum Gasteiger partial charge on any atom is -0.361 e. The normalized spacial score (nSPS) is 18.2. The van der Waals surface area contributed by atoms with Gasteiger partial charge in [0.15, 0.2) is 0 Å². The highest BCUT2D eigenvalue weighted by atomic mass is 19.1. The van der Waals surface area contributed by atoms with Gasteiger partial charge in [0.1, 0.15) is 5.82 Å². The topological polar surface area (TPSA) is 65.2 Å². The van der Waals surface area contributed by atoms with Gasteiger partial charge in [-0.2, -0.15) is 0 Å². The van der Waals surface area contributed by atoms with Crippen molar-refractivity contribution in [2.75, 3.05) is 13.1 Å². The molecule has 1 aromatic carbocycles. The summed E-state index contributed by atoms with van der Waals surface area (Å²) >= 11 is 0. The van der Waals surface area contributed by atoms with Crippen LogP contribution in [0.4, 0.5) is 4.39 Å². The lowest BCUT2D eigenvalue weighted by Crippen LogP contribution is -2.49. The molecule has 2 amide bonds. The van der Waals surface area contributed by atoms with Gasteiger partial charge in [0.05, 0.1) is 6.42 Å². The van der Waals surface area contributed by atoms with Crippen LogP contribution in [-0.4, -0.2) is 40.8 Å². The second-order valence-electron chi connectivity index (χ2n) is 6.05. The van der Waals surface area contributed by atoms with Crippen molar-refractivity contribution >= 4 is 22.7 Å². The van der Waals surface area contributed by atoms with E-state index in [1.807, 2.05) is 0 Å². The summed E-state index contributed by atoms with van der Waals surface area (Å²) in [5.41, 5.74) is 1.53. The third kappa shape index (κ3) is 3.52. The average Bonchev–Trinajstić information content (AvgIpc) is 2.89. The number of hydrogen-bond donors (Lipinski definition) is 2. The van der Waals surface area contributed by atoms with Gasteiger partial charge in [-0.15, -0.1) is 0 Å². The second kappa shape index (κ2) is 6.40. The molecule has 6 heteroatoms. The minimum atomic E-state index is -0.304. The molecule has 23 heavy (non-hydrogen) atoms. The first-order valence-corrected chi connectivity index (χ1v) is 7.83. The number of likely N-dealkylation sites (tertiary alicyclic amines) is 1. The molecule has 2 N–H and O–H groups in total. The van der Waals surface area contributed by atoms with Crippen molar-refractivity contribution in [1.29, 1.82) is 0 Å². The first-order valence-electron chi connectivity index (χ1n) is 7.83. The molecule has 1 atom stereocenters. The lowest BCUT2D eigenvalue weighted by Gasteiger charge is -2.32. The number of benzene rings is 1. The van der Waals surface area contributed by atoms with Gasteiger partial charge >= 0.3 is 0 Å². The summed E-state index contributed by atoms with van der Waals surface area (Å²) in [4.78, 5) is 28.5. The van der Waals surface area contributed by atoms with Gasteiger partial charge in [-0.3, -0.25) is 9.59 Å². The van der Waals surface area contributed by atoms with Crippen LogP contribution in [0.2, 0.25) is 0 Å². The van der Waals surface area contributed by atoms with Gasteiger partial charge in [-0.25, -0.2) is 4.39 Å². The molecule has 2 heterocycles. The van der Waals surface area contributed by atoms with Crippen LogP contribution in [0.25, 0.3) is 10.9 Å². The van der Waals surface area contributed by atoms with Gasteiger partial charge in [-0.1, -0.05) is 0 Å². The maximum atomic E-state index is 13.2. The molecule has 0 unspecified atom stereocenters. The zero-order chi connectivity index (χ0) is 16.4. The molecular weight excluding hydrogens is 297 g/mol. The van der Waals surface area contributed by atoms with Crippen LogP contribution in [-0.2, 0) is 16.0 Å². The summed E-state index contributed by atoms with van der Waals surface area (Å²) in [5, 5.41) is 3.85. The third-order valence-corrected chi connectivity index (χ3v) is 4.31. The number of hydrogen-bond acceptors (Lipinski definition) is 2. The van der Waals surface area contributed by atoms with E-state index in [0.29, 0.717) is 12.1 Å². The van der Waals surface area contributed by atoms with Crippen LogP contribution in [0.3, 0.4) is 0 Å². The molecule has 1 saturated heterocycles. The van der Waals surface area contributed by atoms with Crippen LogP contribution in [0.1, 0.15) is 25.3 Å². The molecule has 2 aromatic rings. The number of nitrogens with one attached hydrogen (secondary N) is 2. The first kappa shape index (κ1) is 15.5. The van der Waals surface area contributed by atoms with Crippen molar-refractivity contribution in [1.82, 2.24) is 15.2 Å². The predicted molar refractivity (Wildman–Crippen MR) is 85.4 cm³/mol. The fraction of sp³-hybridized carbons (Fsp3) is 0.412. The number of piperidine rings is 1. The fourth-order valence-electron chi connectivity index (χ4n) is 3.14. The number of carbonyl (C=O) groups excluding carboxylic acids is 2. The summed E-state index contributed by atoms with van der Waals surface area (Å²) in [6.07, 6.45) is 3.76. The lowest BCUT2D eigenvalue weighted by molar-refractivity contribution is -0.131. The van der Waals surface area contributed by atoms with Crippen molar-refractivity contribution in [3.8, 4) is 0 Å². The summed E-state index contributed by atoms with van der Waals surface area (Å²) in [5.74, 6) is -0.338. The van der Waals surface area contributed by atoms with Crippen LogP contribution in [0.15, 0.2) is 24.4 Å². The molecule has 1 aliphatic heterocycles. The molecule has 5 nitrogen and oxygen atoms in total. The molecule has 0 radical (unpaired) electrons. The third-order valence-electron chi connectivity index (χ3n) is 4.31. The zero-order valence-corrected chi connectivity index (χ0v) is 13.1. The van der Waals surface area contributed by atoms with Crippen LogP contribution in [0.5, 0.6) is 0 Å². The number of rotatable bonds is 3. The van der Waals surface area contributed by atoms with E-state index in [-0.39, 0.29) is 30.1 Å². The Hall–Kier alpha value is -2.37. The largest absolute Gasteiger partial charge is 0.361 e. The minimum absolute atomic E-state index is 0.00259. The molecule has 0 bridgehead atoms. The van der Waals surface area contributed by atoms with E-state index in [1.165, 1.54) is 12.1 Å². The number of nitrogens with zero attached hydrogens (tertiary/aromatic N) is 1. The van der Waals surface area contributed by atoms with E-state index in [1.54, 1.807) is 24.1 Å². The molecule has 0 aliphatic carbocycles. The number of H-pyrrole nitrogens is 1. The van der Waals surface area contributed by atoms with E-state index >= 15 is 0 Å². The molecule has 3 rings (SSSR count). The number of carbonyl (C=O) groups is 2. The SMILES string of the molecule is CC(=O)N1CCC[C@@H](NC(=O)Cc2c[nH]c3cc(F)ccc23)C1. The summed E-state index contributed by atoms with van der Waals surface area (Å²) in [7, 11) is 0. The molecule has 1 aromatic heterocycles. The number of halogens is 1. The van der Waals surface area contributed by atoms with Gasteiger partial charge in [0.2, 0.25) is 11.8 Å². The maximum Gasteiger partial charge on any atom is 0.224 e. The molecule has 1 aliphatic rings. The lowest BCUT2D eigenvalue weighted by atomic mass is 10.0. The van der Waals surface area contributed by atoms with Crippen LogP contribution in [0, 0.1) is 5.82 Å². The molecular formula is C17H20FN3O2. The van der Waals surface area contributed by atoms with Gasteiger partial charge in [-0.05, 0) is 36.6 Å². The van der Waals surface area contributed by atoms with Crippen LogP contribution >= 0.6 is 0 Å². The standard InChI is InChI=1S/C17H20FN3O2/c1-11(22)21-6-2-3-14(10-21)20-17(23)7-12-9-19-16-8-13(18)4-5-15(12)16/h4-5,8-9,14,19H,2-3,6-7,10H2,1H3,(H,20,23)/t14-/m1/s1. The summed E-state index contributed by atoms with van der Waals surface area (Å²) in [6, 6.07) is 4.50. The van der Waals surface area contributed by atoms with Crippen molar-refractivity contribution in [3.63, 3.8) is 0 Å². The molecule has 1 fully saturated rings. The maximum absolute atomic E-state index is 13.2. The Morgan fingerprint density at radius 2 is 2.26 bits per heavy atom. The highest BCUT2D eigenvalue weighted by molar-refractivity contribution is 5.89. The quantitative estimate of drug-likeness (QED) is 0.909. The zero-order valence-electron chi connectivity index (χ0n) is 13.1. The van der Waals surface area contributed by atoms with Crippen molar-refractivity contribution < 1.29 is 14.0 Å². The Bertz CT molecular complexity index is 741.